The first-order valence-electron chi connectivity index (χ1n) is 5.06. The molecule has 1 N–H and O–H groups in total. The first-order chi connectivity index (χ1) is 8.81. The summed E-state index contributed by atoms with van der Waals surface area (Å²) < 4.78 is 44.4. The van der Waals surface area contributed by atoms with Crippen molar-refractivity contribution in [1.29, 1.82) is 0 Å². The van der Waals surface area contributed by atoms with Crippen LogP contribution in [0.5, 0.6) is 0 Å². The van der Waals surface area contributed by atoms with E-state index in [4.69, 9.17) is 0 Å². The van der Waals surface area contributed by atoms with E-state index in [1.54, 1.807) is 0 Å². The standard InChI is InChI=1S/C10H7F3N2O4.ClH/c11-6-2-1-5(3-7(6)15(17)18)8-10(12,13)4-19-9(16)14-8;/h1-3,8H,4H2,(H,14,16);1H/t8-;/m0./s1. The van der Waals surface area contributed by atoms with E-state index in [0.29, 0.717) is 12.1 Å². The van der Waals surface area contributed by atoms with Crippen LogP contribution in [0.1, 0.15) is 11.6 Å². The smallest absolute Gasteiger partial charge is 0.408 e. The van der Waals surface area contributed by atoms with Crippen LogP contribution >= 0.6 is 12.4 Å². The highest BCUT2D eigenvalue weighted by molar-refractivity contribution is 5.85. The second-order valence-corrected chi connectivity index (χ2v) is 3.88. The normalized spacial score (nSPS) is 20.4. The van der Waals surface area contributed by atoms with Gasteiger partial charge in [0.2, 0.25) is 5.82 Å². The second-order valence-electron chi connectivity index (χ2n) is 3.88. The van der Waals surface area contributed by atoms with Crippen molar-refractivity contribution in [2.24, 2.45) is 0 Å². The van der Waals surface area contributed by atoms with Gasteiger partial charge in [-0.2, -0.15) is 4.39 Å². The molecule has 1 aromatic rings. The van der Waals surface area contributed by atoms with Gasteiger partial charge in [0.05, 0.1) is 4.92 Å². The largest absolute Gasteiger partial charge is 0.443 e. The minimum atomic E-state index is -3.44. The Morgan fingerprint density at radius 3 is 2.70 bits per heavy atom. The maximum Gasteiger partial charge on any atom is 0.408 e. The van der Waals surface area contributed by atoms with Gasteiger partial charge >= 0.3 is 17.7 Å². The molecular weight excluding hydrogens is 305 g/mol. The van der Waals surface area contributed by atoms with Gasteiger partial charge in [0.1, 0.15) is 6.04 Å². The number of alkyl halides is 2. The fraction of sp³-hybridized carbons (Fsp3) is 0.300. The lowest BCUT2D eigenvalue weighted by atomic mass is 9.99. The SMILES string of the molecule is Cl.O=C1N[C@@H](c2ccc(F)c([N+](=O)[O-])c2)C(F)(F)CO1. The molecule has 0 aromatic heterocycles. The predicted molar refractivity (Wildman–Crippen MR) is 62.5 cm³/mol. The fourth-order valence-electron chi connectivity index (χ4n) is 1.69. The van der Waals surface area contributed by atoms with Crippen LogP contribution in [0.25, 0.3) is 0 Å². The lowest BCUT2D eigenvalue weighted by molar-refractivity contribution is -0.387. The van der Waals surface area contributed by atoms with Crippen molar-refractivity contribution >= 4 is 24.2 Å². The van der Waals surface area contributed by atoms with Gasteiger partial charge in [0.15, 0.2) is 6.61 Å². The van der Waals surface area contributed by atoms with Crippen LogP contribution in [0.2, 0.25) is 0 Å². The quantitative estimate of drug-likeness (QED) is 0.672. The third-order valence-electron chi connectivity index (χ3n) is 2.58. The number of carbonyl (C=O) groups excluding carboxylic acids is 1. The summed E-state index contributed by atoms with van der Waals surface area (Å²) in [6, 6.07) is 0.519. The van der Waals surface area contributed by atoms with E-state index in [1.807, 2.05) is 5.32 Å². The van der Waals surface area contributed by atoms with E-state index in [1.165, 1.54) is 0 Å². The first-order valence-corrected chi connectivity index (χ1v) is 5.06. The summed E-state index contributed by atoms with van der Waals surface area (Å²) in [5.74, 6) is -4.59. The molecule has 1 aliphatic heterocycles. The van der Waals surface area contributed by atoms with Gasteiger partial charge in [-0.15, -0.1) is 12.4 Å². The van der Waals surface area contributed by atoms with Crippen molar-refractivity contribution in [3.63, 3.8) is 0 Å². The number of nitro groups is 1. The van der Waals surface area contributed by atoms with Crippen LogP contribution in [0, 0.1) is 15.9 Å². The number of benzene rings is 1. The van der Waals surface area contributed by atoms with Crippen LogP contribution in [0.4, 0.5) is 23.7 Å². The molecule has 0 radical (unpaired) electrons. The van der Waals surface area contributed by atoms with Crippen LogP contribution < -0.4 is 5.32 Å². The van der Waals surface area contributed by atoms with E-state index in [0.717, 1.165) is 6.07 Å². The van der Waals surface area contributed by atoms with Crippen molar-refractivity contribution in [2.45, 2.75) is 12.0 Å². The molecule has 1 heterocycles. The molecule has 2 rings (SSSR count). The van der Waals surface area contributed by atoms with Crippen molar-refractivity contribution < 1.29 is 27.6 Å². The molecule has 0 spiro atoms. The molecule has 10 heteroatoms. The van der Waals surface area contributed by atoms with E-state index < -0.39 is 41.1 Å². The van der Waals surface area contributed by atoms with Crippen molar-refractivity contribution in [3.05, 3.63) is 39.7 Å². The minimum absolute atomic E-state index is 0. The van der Waals surface area contributed by atoms with E-state index in [2.05, 4.69) is 4.74 Å². The molecule has 1 saturated heterocycles. The number of halogens is 4. The maximum atomic E-state index is 13.6. The van der Waals surface area contributed by atoms with Crippen LogP contribution in [0.3, 0.4) is 0 Å². The third kappa shape index (κ3) is 2.93. The van der Waals surface area contributed by atoms with Gasteiger partial charge in [0, 0.05) is 6.07 Å². The molecule has 110 valence electrons. The van der Waals surface area contributed by atoms with Crippen molar-refractivity contribution in [3.8, 4) is 0 Å². The highest BCUT2D eigenvalue weighted by Crippen LogP contribution is 2.36. The summed E-state index contributed by atoms with van der Waals surface area (Å²) in [7, 11) is 0. The number of nitrogens with one attached hydrogen (secondary N) is 1. The zero-order valence-electron chi connectivity index (χ0n) is 9.64. The number of cyclic esters (lactones) is 1. The first kappa shape index (κ1) is 16.0. The fourth-order valence-corrected chi connectivity index (χ4v) is 1.69. The molecule has 0 bridgehead atoms. The molecular formula is C10H8ClF3N2O4. The molecule has 1 fully saturated rings. The molecule has 1 amide bonds. The summed E-state index contributed by atoms with van der Waals surface area (Å²) in [4.78, 5) is 20.5. The lowest BCUT2D eigenvalue weighted by Crippen LogP contribution is -2.49. The van der Waals surface area contributed by atoms with Gasteiger partial charge in [-0.05, 0) is 11.6 Å². The second kappa shape index (κ2) is 5.53. The predicted octanol–water partition coefficient (Wildman–Crippen LogP) is 2.57. The molecule has 0 unspecified atom stereocenters. The van der Waals surface area contributed by atoms with E-state index in [9.17, 15) is 28.1 Å². The number of amides is 1. The molecule has 1 aliphatic rings. The van der Waals surface area contributed by atoms with Crippen LogP contribution in [-0.4, -0.2) is 23.5 Å². The monoisotopic (exact) mass is 312 g/mol. The van der Waals surface area contributed by atoms with Gasteiger partial charge in [0.25, 0.3) is 0 Å². The number of hydrogen-bond acceptors (Lipinski definition) is 4. The summed E-state index contributed by atoms with van der Waals surface area (Å²) in [6.07, 6.45) is -1.07. The average molecular weight is 313 g/mol. The summed E-state index contributed by atoms with van der Waals surface area (Å²) >= 11 is 0. The third-order valence-corrected chi connectivity index (χ3v) is 2.58. The maximum absolute atomic E-state index is 13.6. The average Bonchev–Trinajstić information content (AvgIpc) is 2.33. The van der Waals surface area contributed by atoms with Gasteiger partial charge < -0.3 is 10.1 Å². The molecule has 0 saturated carbocycles. The Hall–Kier alpha value is -2.03. The van der Waals surface area contributed by atoms with E-state index in [-0.39, 0.29) is 18.0 Å². The minimum Gasteiger partial charge on any atom is -0.443 e. The highest BCUT2D eigenvalue weighted by Gasteiger charge is 2.47. The van der Waals surface area contributed by atoms with Crippen LogP contribution in [0.15, 0.2) is 18.2 Å². The van der Waals surface area contributed by atoms with E-state index >= 15 is 0 Å². The zero-order chi connectivity index (χ0) is 14.2. The number of nitro benzene ring substituents is 1. The Kier molecular flexibility index (Phi) is 4.43. The molecule has 1 aromatic carbocycles. The topological polar surface area (TPSA) is 81.5 Å². The number of carbonyl (C=O) groups is 1. The number of alkyl carbamates (subject to hydrolysis) is 1. The van der Waals surface area contributed by atoms with Crippen molar-refractivity contribution in [2.75, 3.05) is 6.61 Å². The summed E-state index contributed by atoms with van der Waals surface area (Å²) in [5.41, 5.74) is -1.20. The molecule has 1 atom stereocenters. The Morgan fingerprint density at radius 1 is 1.45 bits per heavy atom. The molecule has 20 heavy (non-hydrogen) atoms. The van der Waals surface area contributed by atoms with Crippen LogP contribution in [-0.2, 0) is 4.74 Å². The zero-order valence-corrected chi connectivity index (χ0v) is 10.5. The van der Waals surface area contributed by atoms with Gasteiger partial charge in [-0.25, -0.2) is 13.6 Å². The van der Waals surface area contributed by atoms with Gasteiger partial charge in [-0.3, -0.25) is 10.1 Å². The number of hydrogen-bond donors (Lipinski definition) is 1. The Morgan fingerprint density at radius 2 is 2.10 bits per heavy atom. The lowest BCUT2D eigenvalue weighted by Gasteiger charge is -2.31. The number of ether oxygens (including phenoxy) is 1. The summed E-state index contributed by atoms with van der Waals surface area (Å²) in [6.45, 7) is -1.14. The van der Waals surface area contributed by atoms with Crippen molar-refractivity contribution in [1.82, 2.24) is 5.32 Å². The number of rotatable bonds is 2. The highest BCUT2D eigenvalue weighted by atomic mass is 35.5. The molecule has 6 nitrogen and oxygen atoms in total. The molecule has 0 aliphatic carbocycles. The Labute approximate surface area is 116 Å². The number of nitrogens with zero attached hydrogens (tertiary/aromatic N) is 1. The Balaban J connectivity index is 0.00000200. The van der Waals surface area contributed by atoms with Gasteiger partial charge in [-0.1, -0.05) is 6.07 Å². The Bertz CT molecular complexity index is 555. The summed E-state index contributed by atoms with van der Waals surface area (Å²) in [5, 5.41) is 12.4.